The average molecular weight is 215 g/mol. The highest BCUT2D eigenvalue weighted by atomic mass is 35.6. The lowest BCUT2D eigenvalue weighted by molar-refractivity contribution is 0.626. The molecule has 0 aliphatic heterocycles. The maximum absolute atomic E-state index is 6.54. The Kier molecular flexibility index (Phi) is 3.50. The highest BCUT2D eigenvalue weighted by Crippen LogP contribution is 2.07. The molecule has 0 amide bonds. The van der Waals surface area contributed by atoms with Gasteiger partial charge in [-0.25, -0.2) is 0 Å². The number of hydrogen-bond donors (Lipinski definition) is 1. The molecule has 1 N–H and O–H groups in total. The van der Waals surface area contributed by atoms with Crippen LogP contribution in [0.25, 0.3) is 0 Å². The molecule has 0 aliphatic carbocycles. The maximum Gasteiger partial charge on any atom is 0.337 e. The van der Waals surface area contributed by atoms with Gasteiger partial charge in [0.15, 0.2) is 0 Å². The third-order valence-corrected chi connectivity index (χ3v) is 7.33. The van der Waals surface area contributed by atoms with Crippen molar-refractivity contribution in [3.05, 3.63) is 30.3 Å². The van der Waals surface area contributed by atoms with Crippen molar-refractivity contribution in [3.63, 3.8) is 0 Å². The number of nitrogens with one attached hydrogen (secondary N) is 1. The first-order valence-corrected chi connectivity index (χ1v) is 7.18. The average Bonchev–Trinajstić information content (AvgIpc) is 2.17. The SMILES string of the molecule is CN[Si](Cl)(c1ccccc1)N(C)C. The van der Waals surface area contributed by atoms with Crippen molar-refractivity contribution >= 4 is 24.0 Å². The Bertz CT molecular complexity index is 266. The molecule has 4 heteroatoms. The molecule has 0 saturated carbocycles. The maximum atomic E-state index is 6.54. The van der Waals surface area contributed by atoms with Crippen molar-refractivity contribution in [2.75, 3.05) is 21.1 Å². The predicted molar refractivity (Wildman–Crippen MR) is 60.4 cm³/mol. The molecule has 0 heterocycles. The molecule has 2 nitrogen and oxygen atoms in total. The summed E-state index contributed by atoms with van der Waals surface area (Å²) in [5.74, 6) is 0. The first kappa shape index (κ1) is 10.7. The standard InChI is InChI=1S/C9H15ClN2Si/c1-11-13(10,12(2)3)9-7-5-4-6-8-9/h4-8,11H,1-3H3. The topological polar surface area (TPSA) is 15.3 Å². The number of halogens is 1. The lowest BCUT2D eigenvalue weighted by Crippen LogP contribution is -2.64. The van der Waals surface area contributed by atoms with Crippen molar-refractivity contribution in [3.8, 4) is 0 Å². The molecule has 0 spiro atoms. The number of hydrogen-bond acceptors (Lipinski definition) is 2. The molecule has 1 aromatic carbocycles. The zero-order valence-corrected chi connectivity index (χ0v) is 9.97. The number of rotatable bonds is 3. The fourth-order valence-electron chi connectivity index (χ4n) is 1.29. The molecule has 0 bridgehead atoms. The first-order chi connectivity index (χ1) is 6.11. The zero-order valence-electron chi connectivity index (χ0n) is 8.21. The quantitative estimate of drug-likeness (QED) is 0.593. The van der Waals surface area contributed by atoms with E-state index in [1.165, 1.54) is 5.19 Å². The third-order valence-electron chi connectivity index (χ3n) is 2.10. The van der Waals surface area contributed by atoms with E-state index in [0.717, 1.165) is 0 Å². The molecular formula is C9H15ClN2Si. The fraction of sp³-hybridized carbons (Fsp3) is 0.333. The van der Waals surface area contributed by atoms with Crippen LogP contribution in [0, 0.1) is 0 Å². The van der Waals surface area contributed by atoms with E-state index >= 15 is 0 Å². The van der Waals surface area contributed by atoms with Gasteiger partial charge in [0.1, 0.15) is 0 Å². The van der Waals surface area contributed by atoms with Crippen LogP contribution in [0.15, 0.2) is 30.3 Å². The fourth-order valence-corrected chi connectivity index (χ4v) is 3.55. The molecule has 0 radical (unpaired) electrons. The van der Waals surface area contributed by atoms with Crippen LogP contribution >= 0.6 is 11.1 Å². The van der Waals surface area contributed by atoms with E-state index in [1.54, 1.807) is 0 Å². The summed E-state index contributed by atoms with van der Waals surface area (Å²) in [5, 5.41) is 1.18. The zero-order chi connectivity index (χ0) is 9.90. The van der Waals surface area contributed by atoms with Crippen LogP contribution < -0.4 is 10.2 Å². The molecular weight excluding hydrogens is 200 g/mol. The highest BCUT2D eigenvalue weighted by molar-refractivity contribution is 7.24. The highest BCUT2D eigenvalue weighted by Gasteiger charge is 2.34. The monoisotopic (exact) mass is 214 g/mol. The minimum Gasteiger partial charge on any atom is -0.313 e. The summed E-state index contributed by atoms with van der Waals surface area (Å²) in [4.78, 5) is 3.22. The van der Waals surface area contributed by atoms with E-state index in [4.69, 9.17) is 11.1 Å². The van der Waals surface area contributed by atoms with Gasteiger partial charge in [-0.05, 0) is 26.3 Å². The summed E-state index contributed by atoms with van der Waals surface area (Å²) in [5.41, 5.74) is 0. The smallest absolute Gasteiger partial charge is 0.313 e. The summed E-state index contributed by atoms with van der Waals surface area (Å²) >= 11 is 6.54. The van der Waals surface area contributed by atoms with Gasteiger partial charge < -0.3 is 9.55 Å². The molecule has 1 rings (SSSR count). The van der Waals surface area contributed by atoms with Crippen molar-refractivity contribution in [2.24, 2.45) is 0 Å². The Labute approximate surface area is 85.4 Å². The molecule has 0 saturated heterocycles. The summed E-state index contributed by atoms with van der Waals surface area (Å²) in [7, 11) is 3.79. The van der Waals surface area contributed by atoms with Crippen LogP contribution in [-0.4, -0.2) is 33.4 Å². The Morgan fingerprint density at radius 3 is 2.15 bits per heavy atom. The molecule has 1 aromatic rings. The van der Waals surface area contributed by atoms with E-state index in [-0.39, 0.29) is 0 Å². The molecule has 0 aromatic heterocycles. The summed E-state index contributed by atoms with van der Waals surface area (Å²) in [6, 6.07) is 10.2. The first-order valence-electron chi connectivity index (χ1n) is 4.22. The molecule has 0 aliphatic rings. The second-order valence-corrected chi connectivity index (χ2v) is 7.99. The van der Waals surface area contributed by atoms with E-state index in [0.29, 0.717) is 0 Å². The van der Waals surface area contributed by atoms with Gasteiger partial charge in [0.05, 0.1) is 0 Å². The minimum atomic E-state index is -2.12. The van der Waals surface area contributed by atoms with E-state index < -0.39 is 7.71 Å². The van der Waals surface area contributed by atoms with Gasteiger partial charge in [-0.1, -0.05) is 30.3 Å². The lowest BCUT2D eigenvalue weighted by Gasteiger charge is -2.30. The van der Waals surface area contributed by atoms with Gasteiger partial charge in [-0.3, -0.25) is 0 Å². The summed E-state index contributed by atoms with van der Waals surface area (Å²) in [6.45, 7) is 0. The summed E-state index contributed by atoms with van der Waals surface area (Å²) < 4.78 is 2.07. The van der Waals surface area contributed by atoms with Crippen LogP contribution in [0.4, 0.5) is 0 Å². The van der Waals surface area contributed by atoms with Gasteiger partial charge >= 0.3 is 7.71 Å². The Morgan fingerprint density at radius 2 is 1.77 bits per heavy atom. The third kappa shape index (κ3) is 2.11. The largest absolute Gasteiger partial charge is 0.337 e. The molecule has 1 unspecified atom stereocenters. The van der Waals surface area contributed by atoms with Crippen molar-refractivity contribution in [1.82, 2.24) is 9.55 Å². The molecule has 1 atom stereocenters. The summed E-state index contributed by atoms with van der Waals surface area (Å²) in [6.07, 6.45) is 0. The Balaban J connectivity index is 3.03. The number of benzene rings is 1. The van der Waals surface area contributed by atoms with Gasteiger partial charge in [0, 0.05) is 0 Å². The van der Waals surface area contributed by atoms with E-state index in [9.17, 15) is 0 Å². The van der Waals surface area contributed by atoms with Crippen molar-refractivity contribution < 1.29 is 0 Å². The molecule has 13 heavy (non-hydrogen) atoms. The Hall–Kier alpha value is -0.353. The van der Waals surface area contributed by atoms with Crippen molar-refractivity contribution in [1.29, 1.82) is 0 Å². The Morgan fingerprint density at radius 1 is 1.23 bits per heavy atom. The minimum absolute atomic E-state index is 1.18. The van der Waals surface area contributed by atoms with Crippen LogP contribution in [-0.2, 0) is 0 Å². The molecule has 72 valence electrons. The number of nitrogens with zero attached hydrogens (tertiary/aromatic N) is 1. The van der Waals surface area contributed by atoms with Gasteiger partial charge in [0.2, 0.25) is 0 Å². The van der Waals surface area contributed by atoms with Crippen LogP contribution in [0.5, 0.6) is 0 Å². The van der Waals surface area contributed by atoms with Crippen LogP contribution in [0.2, 0.25) is 0 Å². The van der Waals surface area contributed by atoms with Gasteiger partial charge in [-0.2, -0.15) is 0 Å². The lowest BCUT2D eigenvalue weighted by atomic mass is 10.4. The van der Waals surface area contributed by atoms with Crippen molar-refractivity contribution in [2.45, 2.75) is 0 Å². The normalized spacial score (nSPS) is 15.8. The van der Waals surface area contributed by atoms with Crippen LogP contribution in [0.3, 0.4) is 0 Å². The second kappa shape index (κ2) is 4.24. The van der Waals surface area contributed by atoms with E-state index in [2.05, 4.69) is 21.7 Å². The van der Waals surface area contributed by atoms with Crippen LogP contribution in [0.1, 0.15) is 0 Å². The second-order valence-electron chi connectivity index (χ2n) is 3.13. The molecule has 0 fully saturated rings. The van der Waals surface area contributed by atoms with Gasteiger partial charge in [-0.15, -0.1) is 11.1 Å². The predicted octanol–water partition coefficient (Wildman–Crippen LogP) is 0.852. The van der Waals surface area contributed by atoms with Gasteiger partial charge in [0.25, 0.3) is 0 Å². The van der Waals surface area contributed by atoms with E-state index in [1.807, 2.05) is 39.3 Å².